The van der Waals surface area contributed by atoms with Crippen molar-refractivity contribution in [1.29, 1.82) is 0 Å². The van der Waals surface area contributed by atoms with E-state index < -0.39 is 6.04 Å². The molecular formula is C26H21N9O3. The predicted octanol–water partition coefficient (Wildman–Crippen LogP) is 3.12. The van der Waals surface area contributed by atoms with E-state index in [4.69, 9.17) is 4.42 Å². The molecular weight excluding hydrogens is 486 g/mol. The fourth-order valence-electron chi connectivity index (χ4n) is 4.02. The van der Waals surface area contributed by atoms with Gasteiger partial charge in [0, 0.05) is 18.6 Å². The van der Waals surface area contributed by atoms with Gasteiger partial charge in [0.05, 0.1) is 41.6 Å². The number of carbonyl (C=O) groups excluding carboxylic acids is 1. The van der Waals surface area contributed by atoms with Crippen molar-refractivity contribution in [2.45, 2.75) is 12.6 Å². The van der Waals surface area contributed by atoms with Crippen LogP contribution in [0.3, 0.4) is 0 Å². The Balaban J connectivity index is 1.35. The number of aliphatic hydroxyl groups excluding tert-OH is 1. The maximum absolute atomic E-state index is 11.8. The molecule has 4 aromatic heterocycles. The molecule has 0 radical (unpaired) electrons. The molecule has 12 heteroatoms. The minimum Gasteiger partial charge on any atom is -0.416 e. The number of pyridine rings is 2. The van der Waals surface area contributed by atoms with E-state index in [2.05, 4.69) is 46.1 Å². The third-order valence-corrected chi connectivity index (χ3v) is 5.92. The summed E-state index contributed by atoms with van der Waals surface area (Å²) in [5.74, 6) is 1.45. The lowest BCUT2D eigenvalue weighted by Gasteiger charge is -2.19. The average molecular weight is 508 g/mol. The first-order valence-electron chi connectivity index (χ1n) is 11.8. The Morgan fingerprint density at radius 1 is 0.974 bits per heavy atom. The summed E-state index contributed by atoms with van der Waals surface area (Å²) in [6, 6.07) is 16.0. The molecule has 0 spiro atoms. The topological polar surface area (TPSA) is 164 Å². The van der Waals surface area contributed by atoms with Crippen LogP contribution in [0.1, 0.15) is 27.7 Å². The quantitative estimate of drug-likeness (QED) is 0.244. The summed E-state index contributed by atoms with van der Waals surface area (Å²) < 4.78 is 5.92. The summed E-state index contributed by atoms with van der Waals surface area (Å²) in [4.78, 5) is 29.5. The van der Waals surface area contributed by atoms with Crippen molar-refractivity contribution in [1.82, 2.24) is 35.5 Å². The zero-order valence-corrected chi connectivity index (χ0v) is 19.9. The molecule has 1 aliphatic heterocycles. The zero-order valence-electron chi connectivity index (χ0n) is 19.9. The second-order valence-electron chi connectivity index (χ2n) is 8.40. The number of aliphatic hydroxyl groups is 1. The monoisotopic (exact) mass is 507 g/mol. The molecule has 5 aromatic rings. The molecule has 1 amide bonds. The van der Waals surface area contributed by atoms with Crippen LogP contribution in [0.2, 0.25) is 0 Å². The van der Waals surface area contributed by atoms with E-state index >= 15 is 0 Å². The van der Waals surface area contributed by atoms with Gasteiger partial charge in [0.2, 0.25) is 11.8 Å². The summed E-state index contributed by atoms with van der Waals surface area (Å²) in [5, 5.41) is 27.6. The number of amides is 1. The van der Waals surface area contributed by atoms with Crippen LogP contribution < -0.4 is 16.0 Å². The first-order chi connectivity index (χ1) is 18.7. The molecule has 0 unspecified atom stereocenters. The molecule has 0 aliphatic carbocycles. The van der Waals surface area contributed by atoms with E-state index in [1.807, 2.05) is 36.4 Å². The van der Waals surface area contributed by atoms with E-state index in [9.17, 15) is 9.90 Å². The van der Waals surface area contributed by atoms with Crippen molar-refractivity contribution in [3.05, 3.63) is 90.0 Å². The molecule has 4 N–H and O–H groups in total. The van der Waals surface area contributed by atoms with Crippen LogP contribution in [0, 0.1) is 0 Å². The molecule has 1 aliphatic rings. The molecule has 0 fully saturated rings. The van der Waals surface area contributed by atoms with Gasteiger partial charge >= 0.3 is 0 Å². The molecule has 0 saturated carbocycles. The maximum Gasteiger partial charge on any atom is 0.253 e. The van der Waals surface area contributed by atoms with E-state index in [1.165, 1.54) is 0 Å². The van der Waals surface area contributed by atoms with E-state index in [1.54, 1.807) is 36.8 Å². The molecule has 0 saturated heterocycles. The standard InChI is InChI=1S/C26H21N9O3/c36-14-20(15-5-2-1-3-6-15)31-22-18(25-35-34-24(38-25)16-7-4-10-27-11-16)12-29-26(33-22)32-21-9-8-17-19(30-21)13-28-23(17)37/h1-12,20,36H,13-14H2,(H,28,37)(H2,29,30,31,32,33)/t20-/m1/s1. The van der Waals surface area contributed by atoms with Crippen molar-refractivity contribution in [2.75, 3.05) is 17.2 Å². The summed E-state index contributed by atoms with van der Waals surface area (Å²) in [5.41, 5.74) is 3.18. The molecule has 38 heavy (non-hydrogen) atoms. The van der Waals surface area contributed by atoms with Gasteiger partial charge in [-0.3, -0.25) is 9.78 Å². The van der Waals surface area contributed by atoms with Crippen molar-refractivity contribution in [2.24, 2.45) is 0 Å². The number of carbonyl (C=O) groups is 1. The van der Waals surface area contributed by atoms with Crippen LogP contribution in [-0.2, 0) is 6.54 Å². The lowest BCUT2D eigenvalue weighted by atomic mass is 10.1. The largest absolute Gasteiger partial charge is 0.416 e. The van der Waals surface area contributed by atoms with Gasteiger partial charge in [-0.2, -0.15) is 4.98 Å². The summed E-state index contributed by atoms with van der Waals surface area (Å²) in [6.45, 7) is 0.177. The number of nitrogens with one attached hydrogen (secondary N) is 3. The summed E-state index contributed by atoms with van der Waals surface area (Å²) in [7, 11) is 0. The summed E-state index contributed by atoms with van der Waals surface area (Å²) >= 11 is 0. The van der Waals surface area contributed by atoms with Crippen molar-refractivity contribution < 1.29 is 14.3 Å². The van der Waals surface area contributed by atoms with Crippen LogP contribution in [0.5, 0.6) is 0 Å². The Morgan fingerprint density at radius 3 is 2.66 bits per heavy atom. The highest BCUT2D eigenvalue weighted by molar-refractivity contribution is 5.97. The third-order valence-electron chi connectivity index (χ3n) is 5.92. The molecule has 1 aromatic carbocycles. The van der Waals surface area contributed by atoms with E-state index in [0.717, 1.165) is 5.56 Å². The summed E-state index contributed by atoms with van der Waals surface area (Å²) in [6.07, 6.45) is 4.84. The van der Waals surface area contributed by atoms with Gasteiger partial charge in [-0.1, -0.05) is 30.3 Å². The number of hydrogen-bond acceptors (Lipinski definition) is 11. The first-order valence-corrected chi connectivity index (χ1v) is 11.8. The molecule has 5 heterocycles. The van der Waals surface area contributed by atoms with Gasteiger partial charge in [0.25, 0.3) is 11.8 Å². The lowest BCUT2D eigenvalue weighted by molar-refractivity contribution is 0.0965. The Kier molecular flexibility index (Phi) is 6.12. The van der Waals surface area contributed by atoms with E-state index in [0.29, 0.717) is 46.5 Å². The highest BCUT2D eigenvalue weighted by Crippen LogP contribution is 2.31. The number of anilines is 3. The Hall–Kier alpha value is -5.23. The molecule has 188 valence electrons. The van der Waals surface area contributed by atoms with Gasteiger partial charge in [0.1, 0.15) is 11.6 Å². The van der Waals surface area contributed by atoms with Crippen molar-refractivity contribution >= 4 is 23.5 Å². The Morgan fingerprint density at radius 2 is 1.84 bits per heavy atom. The van der Waals surface area contributed by atoms with Gasteiger partial charge in [-0.05, 0) is 29.8 Å². The lowest BCUT2D eigenvalue weighted by Crippen LogP contribution is -2.17. The molecule has 6 rings (SSSR count). The van der Waals surface area contributed by atoms with Crippen LogP contribution >= 0.6 is 0 Å². The van der Waals surface area contributed by atoms with Crippen LogP contribution in [0.4, 0.5) is 17.6 Å². The van der Waals surface area contributed by atoms with Gasteiger partial charge in [-0.15, -0.1) is 10.2 Å². The van der Waals surface area contributed by atoms with Crippen molar-refractivity contribution in [3.63, 3.8) is 0 Å². The number of nitrogens with zero attached hydrogens (tertiary/aromatic N) is 6. The normalized spacial score (nSPS) is 13.0. The fourth-order valence-corrected chi connectivity index (χ4v) is 4.02. The molecule has 1 atom stereocenters. The highest BCUT2D eigenvalue weighted by Gasteiger charge is 2.22. The molecule has 12 nitrogen and oxygen atoms in total. The van der Waals surface area contributed by atoms with E-state index in [-0.39, 0.29) is 24.4 Å². The fraction of sp³-hybridized carbons (Fsp3) is 0.115. The Labute approximate surface area is 216 Å². The number of hydrogen-bond donors (Lipinski definition) is 4. The Bertz CT molecular complexity index is 1590. The first kappa shape index (κ1) is 23.2. The van der Waals surface area contributed by atoms with Gasteiger partial charge in [-0.25, -0.2) is 9.97 Å². The second-order valence-corrected chi connectivity index (χ2v) is 8.40. The number of benzene rings is 1. The SMILES string of the molecule is O=C1NCc2nc(Nc3ncc(-c4nnc(-c5cccnc5)o4)c(N[C@H](CO)c4ccccc4)n3)ccc21. The van der Waals surface area contributed by atoms with Crippen LogP contribution in [-0.4, -0.2) is 47.8 Å². The third kappa shape index (κ3) is 4.63. The smallest absolute Gasteiger partial charge is 0.253 e. The zero-order chi connectivity index (χ0) is 25.9. The predicted molar refractivity (Wildman–Crippen MR) is 137 cm³/mol. The number of fused-ring (bicyclic) bond motifs is 1. The van der Waals surface area contributed by atoms with Crippen molar-refractivity contribution in [3.8, 4) is 22.9 Å². The van der Waals surface area contributed by atoms with Crippen LogP contribution in [0.15, 0.2) is 77.6 Å². The molecule has 0 bridgehead atoms. The van der Waals surface area contributed by atoms with Gasteiger partial charge in [0.15, 0.2) is 0 Å². The van der Waals surface area contributed by atoms with Gasteiger partial charge < -0.3 is 25.5 Å². The van der Waals surface area contributed by atoms with Crippen LogP contribution in [0.25, 0.3) is 22.9 Å². The number of aromatic nitrogens is 6. The maximum atomic E-state index is 11.8. The second kappa shape index (κ2) is 10.0. The minimum atomic E-state index is -0.464. The number of rotatable bonds is 8. The highest BCUT2D eigenvalue weighted by atomic mass is 16.4. The minimum absolute atomic E-state index is 0.146. The average Bonchev–Trinajstić information content (AvgIpc) is 3.60.